The van der Waals surface area contributed by atoms with Crippen molar-refractivity contribution in [3.63, 3.8) is 0 Å². The number of rotatable bonds is 10. The molecule has 0 saturated carbocycles. The van der Waals surface area contributed by atoms with Crippen LogP contribution in [0.25, 0.3) is 0 Å². The minimum absolute atomic E-state index is 0.0427. The van der Waals surface area contributed by atoms with Crippen LogP contribution in [-0.4, -0.2) is 50.5 Å². The van der Waals surface area contributed by atoms with Crippen molar-refractivity contribution in [3.8, 4) is 0 Å². The number of nitrogens with one attached hydrogen (secondary N) is 1. The van der Waals surface area contributed by atoms with Crippen LogP contribution in [0.5, 0.6) is 0 Å². The average molecular weight is 583 g/mol. The lowest BCUT2D eigenvalue weighted by molar-refractivity contribution is -0.139. The van der Waals surface area contributed by atoms with E-state index in [2.05, 4.69) is 5.32 Å². The van der Waals surface area contributed by atoms with Gasteiger partial charge in [-0.05, 0) is 48.7 Å². The molecule has 0 fully saturated rings. The van der Waals surface area contributed by atoms with Gasteiger partial charge in [-0.1, -0.05) is 66.3 Å². The quantitative estimate of drug-likeness (QED) is 0.414. The number of halogens is 4. The van der Waals surface area contributed by atoms with Crippen LogP contribution in [0.2, 0.25) is 20.1 Å². The minimum atomic E-state index is -3.91. The van der Waals surface area contributed by atoms with Crippen molar-refractivity contribution in [3.05, 3.63) is 62.1 Å². The summed E-state index contributed by atoms with van der Waals surface area (Å²) in [5, 5.41) is 3.95. The molecule has 0 aliphatic rings. The molecule has 0 bridgehead atoms. The molecule has 12 heteroatoms. The zero-order chi connectivity index (χ0) is 26.5. The molecule has 35 heavy (non-hydrogen) atoms. The van der Waals surface area contributed by atoms with Crippen LogP contribution in [0.1, 0.15) is 26.3 Å². The summed E-state index contributed by atoms with van der Waals surface area (Å²) in [4.78, 5) is 27.6. The van der Waals surface area contributed by atoms with Gasteiger partial charge in [-0.15, -0.1) is 0 Å². The van der Waals surface area contributed by atoms with E-state index in [1.165, 1.54) is 29.2 Å². The summed E-state index contributed by atoms with van der Waals surface area (Å²) in [6, 6.07) is 8.10. The van der Waals surface area contributed by atoms with E-state index < -0.39 is 28.5 Å². The minimum Gasteiger partial charge on any atom is -0.354 e. The molecule has 0 aromatic heterocycles. The number of sulfonamides is 1. The molecular weight excluding hydrogens is 556 g/mol. The van der Waals surface area contributed by atoms with Crippen molar-refractivity contribution >= 4 is 73.9 Å². The summed E-state index contributed by atoms with van der Waals surface area (Å²) in [7, 11) is -3.91. The molecule has 2 rings (SSSR count). The second-order valence-electron chi connectivity index (χ2n) is 8.47. The lowest BCUT2D eigenvalue weighted by Gasteiger charge is -2.32. The van der Waals surface area contributed by atoms with Crippen LogP contribution < -0.4 is 9.62 Å². The molecular formula is C23H27Cl4N3O4S. The van der Waals surface area contributed by atoms with E-state index in [0.717, 1.165) is 10.6 Å². The van der Waals surface area contributed by atoms with Crippen LogP contribution in [0.3, 0.4) is 0 Å². The van der Waals surface area contributed by atoms with Crippen molar-refractivity contribution in [2.24, 2.45) is 5.92 Å². The Kier molecular flexibility index (Phi) is 10.5. The molecule has 0 heterocycles. The third-order valence-electron chi connectivity index (χ3n) is 5.02. The Morgan fingerprint density at radius 2 is 1.54 bits per heavy atom. The van der Waals surface area contributed by atoms with Crippen LogP contribution in [0, 0.1) is 5.92 Å². The Bertz CT molecular complexity index is 1170. The fraction of sp³-hybridized carbons (Fsp3) is 0.391. The maximum absolute atomic E-state index is 13.5. The molecule has 192 valence electrons. The summed E-state index contributed by atoms with van der Waals surface area (Å²) in [6.07, 6.45) is 0.967. The van der Waals surface area contributed by atoms with Crippen molar-refractivity contribution in [2.75, 3.05) is 23.7 Å². The van der Waals surface area contributed by atoms with Gasteiger partial charge in [-0.25, -0.2) is 8.42 Å². The molecule has 1 atom stereocenters. The Morgan fingerprint density at radius 3 is 2.06 bits per heavy atom. The zero-order valence-electron chi connectivity index (χ0n) is 19.7. The van der Waals surface area contributed by atoms with Crippen LogP contribution >= 0.6 is 46.4 Å². The number of amides is 2. The monoisotopic (exact) mass is 581 g/mol. The predicted octanol–water partition coefficient (Wildman–Crippen LogP) is 5.26. The van der Waals surface area contributed by atoms with Crippen LogP contribution in [0.4, 0.5) is 5.69 Å². The van der Waals surface area contributed by atoms with Gasteiger partial charge in [-0.2, -0.15) is 0 Å². The molecule has 2 aromatic carbocycles. The lowest BCUT2D eigenvalue weighted by Crippen LogP contribution is -2.51. The van der Waals surface area contributed by atoms with Gasteiger partial charge in [0, 0.05) is 33.2 Å². The third-order valence-corrected chi connectivity index (χ3v) is 7.19. The van der Waals surface area contributed by atoms with Gasteiger partial charge >= 0.3 is 0 Å². The van der Waals surface area contributed by atoms with Crippen molar-refractivity contribution in [1.29, 1.82) is 0 Å². The van der Waals surface area contributed by atoms with Gasteiger partial charge in [0.1, 0.15) is 12.6 Å². The SMILES string of the molecule is CC(C)CNC(=O)[C@H](C)N(Cc1ccc(Cl)cc1Cl)C(=O)CN(c1cc(Cl)cc(Cl)c1)S(C)(=O)=O. The first-order chi connectivity index (χ1) is 16.2. The highest BCUT2D eigenvalue weighted by atomic mass is 35.5. The van der Waals surface area contributed by atoms with Gasteiger partial charge in [-0.3, -0.25) is 13.9 Å². The standard InChI is InChI=1S/C23H27Cl4N3O4S/c1-14(2)11-28-23(32)15(3)29(12-16-5-6-17(24)10-21(16)27)22(31)13-30(35(4,33)34)20-8-18(25)7-19(26)9-20/h5-10,14-15H,11-13H2,1-4H3,(H,28,32)/t15-/m0/s1. The summed E-state index contributed by atoms with van der Waals surface area (Å²) in [6.45, 7) is 5.26. The van der Waals surface area contributed by atoms with E-state index in [-0.39, 0.29) is 34.1 Å². The fourth-order valence-corrected chi connectivity index (χ4v) is 4.98. The summed E-state index contributed by atoms with van der Waals surface area (Å²) < 4.78 is 26.1. The number of carbonyl (C=O) groups excluding carboxylic acids is 2. The van der Waals surface area contributed by atoms with Gasteiger partial charge in [0.25, 0.3) is 0 Å². The van der Waals surface area contributed by atoms with E-state index in [0.29, 0.717) is 22.2 Å². The molecule has 0 saturated heterocycles. The number of carbonyl (C=O) groups is 2. The molecule has 2 aromatic rings. The van der Waals surface area contributed by atoms with E-state index in [4.69, 9.17) is 46.4 Å². The number of nitrogens with zero attached hydrogens (tertiary/aromatic N) is 2. The summed E-state index contributed by atoms with van der Waals surface area (Å²) in [5.41, 5.74) is 0.671. The Morgan fingerprint density at radius 1 is 0.943 bits per heavy atom. The van der Waals surface area contributed by atoms with Crippen molar-refractivity contribution in [1.82, 2.24) is 10.2 Å². The zero-order valence-corrected chi connectivity index (χ0v) is 23.5. The van der Waals surface area contributed by atoms with Gasteiger partial charge < -0.3 is 10.2 Å². The van der Waals surface area contributed by atoms with E-state index in [1.807, 2.05) is 13.8 Å². The Labute approximate surface area is 226 Å². The predicted molar refractivity (Wildman–Crippen MR) is 143 cm³/mol. The van der Waals surface area contributed by atoms with E-state index >= 15 is 0 Å². The Balaban J connectivity index is 2.43. The van der Waals surface area contributed by atoms with Crippen LogP contribution in [-0.2, 0) is 26.2 Å². The molecule has 1 N–H and O–H groups in total. The van der Waals surface area contributed by atoms with Gasteiger partial charge in [0.05, 0.1) is 11.9 Å². The highest BCUT2D eigenvalue weighted by Gasteiger charge is 2.30. The van der Waals surface area contributed by atoms with E-state index in [9.17, 15) is 18.0 Å². The normalized spacial score (nSPS) is 12.4. The topological polar surface area (TPSA) is 86.8 Å². The number of hydrogen-bond acceptors (Lipinski definition) is 4. The van der Waals surface area contributed by atoms with Crippen molar-refractivity contribution in [2.45, 2.75) is 33.4 Å². The first-order valence-electron chi connectivity index (χ1n) is 10.6. The van der Waals surface area contributed by atoms with Gasteiger partial charge in [0.15, 0.2) is 0 Å². The first kappa shape index (κ1) is 29.5. The lowest BCUT2D eigenvalue weighted by atomic mass is 10.1. The smallest absolute Gasteiger partial charge is 0.244 e. The van der Waals surface area contributed by atoms with Crippen molar-refractivity contribution < 1.29 is 18.0 Å². The highest BCUT2D eigenvalue weighted by Crippen LogP contribution is 2.28. The summed E-state index contributed by atoms with van der Waals surface area (Å²) >= 11 is 24.4. The summed E-state index contributed by atoms with van der Waals surface area (Å²) in [5.74, 6) is -0.798. The molecule has 0 spiro atoms. The maximum atomic E-state index is 13.5. The largest absolute Gasteiger partial charge is 0.354 e. The number of benzene rings is 2. The molecule has 7 nitrogen and oxygen atoms in total. The fourth-order valence-electron chi connectivity index (χ4n) is 3.17. The molecule has 0 aliphatic heterocycles. The van der Waals surface area contributed by atoms with Gasteiger partial charge in [0.2, 0.25) is 21.8 Å². The second-order valence-corrected chi connectivity index (χ2v) is 12.1. The first-order valence-corrected chi connectivity index (χ1v) is 14.0. The number of hydrogen-bond donors (Lipinski definition) is 1. The Hall–Kier alpha value is -1.71. The number of anilines is 1. The molecule has 2 amide bonds. The average Bonchev–Trinajstić information content (AvgIpc) is 2.73. The van der Waals surface area contributed by atoms with E-state index in [1.54, 1.807) is 19.1 Å². The molecule has 0 radical (unpaired) electrons. The molecule has 0 unspecified atom stereocenters. The highest BCUT2D eigenvalue weighted by molar-refractivity contribution is 7.92. The second kappa shape index (κ2) is 12.5. The molecule has 0 aliphatic carbocycles. The maximum Gasteiger partial charge on any atom is 0.244 e. The third kappa shape index (κ3) is 8.72. The van der Waals surface area contributed by atoms with Crippen LogP contribution in [0.15, 0.2) is 36.4 Å².